The molecule has 2 N–H and O–H groups in total. The van der Waals surface area contributed by atoms with Gasteiger partial charge in [0.05, 0.1) is 32.4 Å². The lowest BCUT2D eigenvalue weighted by molar-refractivity contribution is -0.270. The van der Waals surface area contributed by atoms with Gasteiger partial charge in [-0.3, -0.25) is 0 Å². The molecule has 0 amide bonds. The van der Waals surface area contributed by atoms with Crippen LogP contribution in [0.5, 0.6) is 5.75 Å². The van der Waals surface area contributed by atoms with Gasteiger partial charge in [0.2, 0.25) is 5.79 Å². The van der Waals surface area contributed by atoms with Crippen LogP contribution in [-0.2, 0) is 15.3 Å². The van der Waals surface area contributed by atoms with Crippen molar-refractivity contribution in [3.8, 4) is 5.75 Å². The quantitative estimate of drug-likeness (QED) is 0.928. The minimum atomic E-state index is -0.882. The molecule has 1 heterocycles. The van der Waals surface area contributed by atoms with E-state index >= 15 is 0 Å². The molecule has 0 unspecified atom stereocenters. The number of ether oxygens (including phenoxy) is 3. The van der Waals surface area contributed by atoms with Gasteiger partial charge < -0.3 is 19.9 Å². The molecule has 0 spiro atoms. The van der Waals surface area contributed by atoms with Crippen molar-refractivity contribution in [1.29, 1.82) is 0 Å². The molecule has 94 valence electrons. The highest BCUT2D eigenvalue weighted by molar-refractivity contribution is 9.10. The molecule has 0 saturated carbocycles. The van der Waals surface area contributed by atoms with Gasteiger partial charge in [-0.15, -0.1) is 0 Å². The molecule has 2 rings (SSSR count). The van der Waals surface area contributed by atoms with E-state index in [2.05, 4.69) is 15.9 Å². The number of hydrogen-bond acceptors (Lipinski definition) is 4. The summed E-state index contributed by atoms with van der Waals surface area (Å²) < 4.78 is 17.8. The molecule has 0 aromatic heterocycles. The molecule has 1 saturated heterocycles. The van der Waals surface area contributed by atoms with Crippen LogP contribution in [0, 0.1) is 0 Å². The second-order valence-corrected chi connectivity index (χ2v) is 4.77. The first kappa shape index (κ1) is 12.8. The summed E-state index contributed by atoms with van der Waals surface area (Å²) in [6.07, 6.45) is 0.887. The number of rotatable bonds is 3. The van der Waals surface area contributed by atoms with Gasteiger partial charge in [0.25, 0.3) is 0 Å². The normalized spacial score (nSPS) is 19.0. The average Bonchev–Trinajstić information content (AvgIpc) is 2.39. The Labute approximate surface area is 109 Å². The topological polar surface area (TPSA) is 53.7 Å². The fourth-order valence-electron chi connectivity index (χ4n) is 1.94. The number of hydrogen-bond donors (Lipinski definition) is 1. The molecule has 0 aliphatic carbocycles. The van der Waals surface area contributed by atoms with E-state index < -0.39 is 5.79 Å². The predicted octanol–water partition coefficient (Wildman–Crippen LogP) is 2.01. The Morgan fingerprint density at radius 1 is 1.41 bits per heavy atom. The van der Waals surface area contributed by atoms with Crippen molar-refractivity contribution < 1.29 is 14.2 Å². The zero-order valence-corrected chi connectivity index (χ0v) is 11.3. The molecule has 1 aliphatic heterocycles. The van der Waals surface area contributed by atoms with Crippen LogP contribution in [0.1, 0.15) is 12.0 Å². The summed E-state index contributed by atoms with van der Waals surface area (Å²) in [6, 6.07) is 5.71. The predicted molar refractivity (Wildman–Crippen MR) is 67.9 cm³/mol. The smallest absolute Gasteiger partial charge is 0.211 e. The Morgan fingerprint density at radius 3 is 2.71 bits per heavy atom. The third-order valence-electron chi connectivity index (χ3n) is 2.80. The summed E-state index contributed by atoms with van der Waals surface area (Å²) in [7, 11) is 1.62. The van der Waals surface area contributed by atoms with Crippen LogP contribution in [0.2, 0.25) is 0 Å². The first-order valence-corrected chi connectivity index (χ1v) is 6.33. The molecule has 0 atom stereocenters. The van der Waals surface area contributed by atoms with E-state index in [-0.39, 0.29) is 6.54 Å². The second-order valence-electron chi connectivity index (χ2n) is 3.85. The Hall–Kier alpha value is -0.620. The van der Waals surface area contributed by atoms with Gasteiger partial charge in [0.1, 0.15) is 5.75 Å². The highest BCUT2D eigenvalue weighted by Gasteiger charge is 2.38. The molecule has 5 heteroatoms. The SMILES string of the molecule is COc1ccc(Br)cc1C1(CN)OCCCO1. The summed E-state index contributed by atoms with van der Waals surface area (Å²) in [5.41, 5.74) is 6.65. The Kier molecular flexibility index (Phi) is 4.04. The lowest BCUT2D eigenvalue weighted by atomic mass is 10.0. The van der Waals surface area contributed by atoms with Crippen molar-refractivity contribution in [3.05, 3.63) is 28.2 Å². The van der Waals surface area contributed by atoms with Crippen LogP contribution in [0.4, 0.5) is 0 Å². The van der Waals surface area contributed by atoms with E-state index in [1.54, 1.807) is 7.11 Å². The lowest BCUT2D eigenvalue weighted by Crippen LogP contribution is -2.44. The van der Waals surface area contributed by atoms with Crippen LogP contribution in [0.15, 0.2) is 22.7 Å². The van der Waals surface area contributed by atoms with E-state index in [0.29, 0.717) is 13.2 Å². The summed E-state index contributed by atoms with van der Waals surface area (Å²) in [6.45, 7) is 1.56. The van der Waals surface area contributed by atoms with Gasteiger partial charge in [0, 0.05) is 4.47 Å². The standard InChI is InChI=1S/C12H16BrNO3/c1-15-11-4-3-9(13)7-10(11)12(8-14)16-5-2-6-17-12/h3-4,7H,2,5-6,8,14H2,1H3. The van der Waals surface area contributed by atoms with E-state index in [4.69, 9.17) is 19.9 Å². The molecule has 1 fully saturated rings. The highest BCUT2D eigenvalue weighted by Crippen LogP contribution is 2.37. The molecular formula is C12H16BrNO3. The monoisotopic (exact) mass is 301 g/mol. The van der Waals surface area contributed by atoms with Gasteiger partial charge >= 0.3 is 0 Å². The van der Waals surface area contributed by atoms with E-state index in [0.717, 1.165) is 22.2 Å². The van der Waals surface area contributed by atoms with E-state index in [1.807, 2.05) is 18.2 Å². The maximum atomic E-state index is 5.82. The van der Waals surface area contributed by atoms with Gasteiger partial charge in [-0.2, -0.15) is 0 Å². The van der Waals surface area contributed by atoms with Crippen molar-refractivity contribution >= 4 is 15.9 Å². The Bertz CT molecular complexity index is 391. The molecule has 1 aromatic carbocycles. The minimum absolute atomic E-state index is 0.264. The Balaban J connectivity index is 2.44. The molecule has 17 heavy (non-hydrogen) atoms. The van der Waals surface area contributed by atoms with Crippen molar-refractivity contribution in [3.63, 3.8) is 0 Å². The number of methoxy groups -OCH3 is 1. The van der Waals surface area contributed by atoms with Crippen molar-refractivity contribution in [2.75, 3.05) is 26.9 Å². The summed E-state index contributed by atoms with van der Waals surface area (Å²) in [5, 5.41) is 0. The van der Waals surface area contributed by atoms with E-state index in [9.17, 15) is 0 Å². The molecule has 1 aromatic rings. The zero-order chi connectivity index (χ0) is 12.3. The molecule has 4 nitrogen and oxygen atoms in total. The lowest BCUT2D eigenvalue weighted by Gasteiger charge is -2.37. The van der Waals surface area contributed by atoms with Gasteiger partial charge in [-0.05, 0) is 24.6 Å². The Morgan fingerprint density at radius 2 is 2.12 bits per heavy atom. The van der Waals surface area contributed by atoms with Crippen molar-refractivity contribution in [2.24, 2.45) is 5.73 Å². The zero-order valence-electron chi connectivity index (χ0n) is 9.74. The first-order valence-electron chi connectivity index (χ1n) is 5.54. The maximum Gasteiger partial charge on any atom is 0.211 e. The van der Waals surface area contributed by atoms with Crippen molar-refractivity contribution in [1.82, 2.24) is 0 Å². The molecule has 1 aliphatic rings. The number of nitrogens with two attached hydrogens (primary N) is 1. The minimum Gasteiger partial charge on any atom is -0.496 e. The van der Waals surface area contributed by atoms with Crippen molar-refractivity contribution in [2.45, 2.75) is 12.2 Å². The molecule has 0 radical (unpaired) electrons. The van der Waals surface area contributed by atoms with Gasteiger partial charge in [-0.1, -0.05) is 15.9 Å². The van der Waals surface area contributed by atoms with E-state index in [1.165, 1.54) is 0 Å². The molecule has 0 bridgehead atoms. The number of halogens is 1. The maximum absolute atomic E-state index is 5.82. The van der Waals surface area contributed by atoms with Gasteiger partial charge in [-0.25, -0.2) is 0 Å². The summed E-state index contributed by atoms with van der Waals surface area (Å²) in [4.78, 5) is 0. The molecular weight excluding hydrogens is 286 g/mol. The third kappa shape index (κ3) is 2.47. The second kappa shape index (κ2) is 5.35. The van der Waals surface area contributed by atoms with Crippen LogP contribution < -0.4 is 10.5 Å². The van der Waals surface area contributed by atoms with Crippen LogP contribution in [-0.4, -0.2) is 26.9 Å². The fraction of sp³-hybridized carbons (Fsp3) is 0.500. The summed E-state index contributed by atoms with van der Waals surface area (Å²) >= 11 is 3.44. The largest absolute Gasteiger partial charge is 0.496 e. The fourth-order valence-corrected chi connectivity index (χ4v) is 2.30. The third-order valence-corrected chi connectivity index (χ3v) is 3.29. The van der Waals surface area contributed by atoms with Crippen LogP contribution >= 0.6 is 15.9 Å². The van der Waals surface area contributed by atoms with Crippen LogP contribution in [0.25, 0.3) is 0 Å². The average molecular weight is 302 g/mol. The van der Waals surface area contributed by atoms with Crippen LogP contribution in [0.3, 0.4) is 0 Å². The number of benzene rings is 1. The summed E-state index contributed by atoms with van der Waals surface area (Å²) in [5.74, 6) is -0.159. The first-order chi connectivity index (χ1) is 8.22. The highest BCUT2D eigenvalue weighted by atomic mass is 79.9. The van der Waals surface area contributed by atoms with Gasteiger partial charge in [0.15, 0.2) is 0 Å².